The van der Waals surface area contributed by atoms with Gasteiger partial charge in [-0.15, -0.1) is 0 Å². The highest BCUT2D eigenvalue weighted by Gasteiger charge is 2.61. The molecule has 0 radical (unpaired) electrons. The Morgan fingerprint density at radius 3 is 2.44 bits per heavy atom. The van der Waals surface area contributed by atoms with Gasteiger partial charge in [0.15, 0.2) is 0 Å². The largest absolute Gasteiger partial charge is 0.325 e. The van der Waals surface area contributed by atoms with Crippen molar-refractivity contribution in [2.24, 2.45) is 5.92 Å². The number of fused-ring (bicyclic) bond motifs is 1. The van der Waals surface area contributed by atoms with Gasteiger partial charge < -0.3 is 9.80 Å². The summed E-state index contributed by atoms with van der Waals surface area (Å²) in [6, 6.07) is 6.15. The average molecular weight is 494 g/mol. The maximum atomic E-state index is 15.6. The minimum atomic E-state index is -3.54. The number of halogens is 3. The standard InChI is InChI=1S/C24H26F3N3O3S/c1-2-34(32,33)28-23-19-13-20(19)30(24(31)29-7-4-8-29)21(23)11-14-5-3-6-18(22(14)27)15-9-16(25)12-17(26)10-15/h3,5-6,9-10,12,19-21,23,28H,2,4,7-8,11,13H2,1H3/t19-,20+,21+,23+/m0/s1. The first-order valence-electron chi connectivity index (χ1n) is 11.5. The molecule has 6 nitrogen and oxygen atoms in total. The number of hydrogen-bond acceptors (Lipinski definition) is 3. The number of urea groups is 1. The van der Waals surface area contributed by atoms with E-state index in [1.165, 1.54) is 6.07 Å². The highest BCUT2D eigenvalue weighted by molar-refractivity contribution is 7.89. The molecule has 34 heavy (non-hydrogen) atoms. The Bertz CT molecular complexity index is 1210. The number of carbonyl (C=O) groups is 1. The molecule has 0 bridgehead atoms. The number of hydrogen-bond donors (Lipinski definition) is 1. The van der Waals surface area contributed by atoms with Crippen LogP contribution < -0.4 is 4.72 Å². The molecule has 1 aliphatic carbocycles. The van der Waals surface area contributed by atoms with Crippen LogP contribution in [0.1, 0.15) is 25.3 Å². The van der Waals surface area contributed by atoms with Gasteiger partial charge in [0.25, 0.3) is 0 Å². The van der Waals surface area contributed by atoms with Gasteiger partial charge in [-0.1, -0.05) is 18.2 Å². The van der Waals surface area contributed by atoms with Gasteiger partial charge in [0.05, 0.1) is 11.8 Å². The maximum absolute atomic E-state index is 15.6. The molecular weight excluding hydrogens is 467 g/mol. The Kier molecular flexibility index (Phi) is 5.84. The van der Waals surface area contributed by atoms with Gasteiger partial charge in [-0.05, 0) is 55.4 Å². The van der Waals surface area contributed by atoms with Crippen LogP contribution in [0, 0.1) is 23.4 Å². The molecule has 10 heteroatoms. The molecule has 0 unspecified atom stereocenters. The third-order valence-corrected chi connectivity index (χ3v) is 8.51. The van der Waals surface area contributed by atoms with Crippen LogP contribution in [0.25, 0.3) is 11.1 Å². The number of likely N-dealkylation sites (tertiary alicyclic amines) is 2. The van der Waals surface area contributed by atoms with Crippen LogP contribution in [-0.2, 0) is 16.4 Å². The van der Waals surface area contributed by atoms with Crippen molar-refractivity contribution >= 4 is 16.1 Å². The van der Waals surface area contributed by atoms with Crippen LogP contribution in [0.5, 0.6) is 0 Å². The smallest absolute Gasteiger partial charge is 0.320 e. The normalized spacial score (nSPS) is 25.8. The summed E-state index contributed by atoms with van der Waals surface area (Å²) in [4.78, 5) is 16.6. The number of nitrogens with one attached hydrogen (secondary N) is 1. The zero-order valence-corrected chi connectivity index (χ0v) is 19.5. The molecule has 4 atom stereocenters. The van der Waals surface area contributed by atoms with E-state index < -0.39 is 39.6 Å². The second kappa shape index (κ2) is 8.57. The number of carbonyl (C=O) groups excluding carboxylic acids is 1. The van der Waals surface area contributed by atoms with E-state index in [2.05, 4.69) is 4.72 Å². The lowest BCUT2D eigenvalue weighted by molar-refractivity contribution is 0.111. The summed E-state index contributed by atoms with van der Waals surface area (Å²) in [6.45, 7) is 2.85. The van der Waals surface area contributed by atoms with Crippen LogP contribution in [0.15, 0.2) is 36.4 Å². The van der Waals surface area contributed by atoms with Crippen molar-refractivity contribution < 1.29 is 26.4 Å². The van der Waals surface area contributed by atoms with Crippen molar-refractivity contribution in [1.29, 1.82) is 0 Å². The number of amides is 2. The zero-order valence-electron chi connectivity index (χ0n) is 18.7. The van der Waals surface area contributed by atoms with Gasteiger partial charge in [0.2, 0.25) is 10.0 Å². The summed E-state index contributed by atoms with van der Waals surface area (Å²) in [7, 11) is -3.54. The van der Waals surface area contributed by atoms with Gasteiger partial charge in [0.1, 0.15) is 17.5 Å². The van der Waals surface area contributed by atoms with Crippen LogP contribution in [0.4, 0.5) is 18.0 Å². The first-order chi connectivity index (χ1) is 16.2. The molecule has 2 saturated heterocycles. The molecular formula is C24H26F3N3O3S. The maximum Gasteiger partial charge on any atom is 0.320 e. The van der Waals surface area contributed by atoms with E-state index >= 15 is 4.39 Å². The minimum Gasteiger partial charge on any atom is -0.325 e. The SMILES string of the molecule is CCS(=O)(=O)N[C@@H]1[C@H]2C[C@H]2N(C(=O)N2CCC2)[C@@H]1Cc1cccc(-c2cc(F)cc(F)c2)c1F. The quantitative estimate of drug-likeness (QED) is 0.670. The molecule has 1 saturated carbocycles. The Hall–Kier alpha value is -2.59. The molecule has 3 fully saturated rings. The average Bonchev–Trinajstić information content (AvgIpc) is 3.45. The summed E-state index contributed by atoms with van der Waals surface area (Å²) in [5.41, 5.74) is 0.379. The second-order valence-electron chi connectivity index (χ2n) is 9.25. The summed E-state index contributed by atoms with van der Waals surface area (Å²) < 4.78 is 70.6. The fraction of sp³-hybridized carbons (Fsp3) is 0.458. The fourth-order valence-electron chi connectivity index (χ4n) is 5.14. The number of piperidine rings is 1. The highest BCUT2D eigenvalue weighted by Crippen LogP contribution is 2.50. The van der Waals surface area contributed by atoms with E-state index in [0.29, 0.717) is 19.5 Å². The van der Waals surface area contributed by atoms with E-state index in [0.717, 1.165) is 24.6 Å². The Morgan fingerprint density at radius 2 is 1.82 bits per heavy atom. The third-order valence-electron chi connectivity index (χ3n) is 7.12. The van der Waals surface area contributed by atoms with Gasteiger partial charge in [-0.2, -0.15) is 0 Å². The van der Waals surface area contributed by atoms with Crippen LogP contribution in [0.2, 0.25) is 0 Å². The van der Waals surface area contributed by atoms with E-state index in [4.69, 9.17) is 0 Å². The van der Waals surface area contributed by atoms with Crippen molar-refractivity contribution in [2.75, 3.05) is 18.8 Å². The number of nitrogens with zero attached hydrogens (tertiary/aromatic N) is 2. The Balaban J connectivity index is 1.49. The predicted molar refractivity (Wildman–Crippen MR) is 121 cm³/mol. The zero-order chi connectivity index (χ0) is 24.2. The topological polar surface area (TPSA) is 69.7 Å². The predicted octanol–water partition coefficient (Wildman–Crippen LogP) is 3.52. The van der Waals surface area contributed by atoms with Gasteiger partial charge in [-0.25, -0.2) is 31.1 Å². The summed E-state index contributed by atoms with van der Waals surface area (Å²) in [5.74, 6) is -2.36. The molecule has 2 amide bonds. The first kappa shape index (κ1) is 23.2. The Morgan fingerprint density at radius 1 is 1.12 bits per heavy atom. The third kappa shape index (κ3) is 4.17. The van der Waals surface area contributed by atoms with E-state index in [1.807, 2.05) is 0 Å². The number of sulfonamides is 1. The lowest BCUT2D eigenvalue weighted by Crippen LogP contribution is -2.56. The van der Waals surface area contributed by atoms with E-state index in [1.54, 1.807) is 28.9 Å². The van der Waals surface area contributed by atoms with Crippen LogP contribution >= 0.6 is 0 Å². The molecule has 3 aliphatic rings. The first-order valence-corrected chi connectivity index (χ1v) is 13.1. The fourth-order valence-corrected chi connectivity index (χ4v) is 6.06. The highest BCUT2D eigenvalue weighted by atomic mass is 32.2. The second-order valence-corrected chi connectivity index (χ2v) is 11.3. The van der Waals surface area contributed by atoms with Crippen LogP contribution in [0.3, 0.4) is 0 Å². The molecule has 2 aromatic carbocycles. The van der Waals surface area contributed by atoms with Crippen LogP contribution in [-0.4, -0.2) is 61.2 Å². The molecule has 0 aromatic heterocycles. The van der Waals surface area contributed by atoms with Gasteiger partial charge >= 0.3 is 6.03 Å². The monoisotopic (exact) mass is 493 g/mol. The lowest BCUT2D eigenvalue weighted by atomic mass is 9.94. The molecule has 2 aliphatic heterocycles. The number of benzene rings is 2. The lowest BCUT2D eigenvalue weighted by Gasteiger charge is -2.39. The Labute approximate surface area is 196 Å². The summed E-state index contributed by atoms with van der Waals surface area (Å²) in [5, 5.41) is 0. The summed E-state index contributed by atoms with van der Waals surface area (Å²) in [6.07, 6.45) is 1.71. The summed E-state index contributed by atoms with van der Waals surface area (Å²) >= 11 is 0. The van der Waals surface area contributed by atoms with Crippen molar-refractivity contribution in [2.45, 2.75) is 44.3 Å². The van der Waals surface area contributed by atoms with E-state index in [-0.39, 0.29) is 46.9 Å². The molecule has 2 aromatic rings. The minimum absolute atomic E-state index is 0.0138. The molecule has 182 valence electrons. The van der Waals surface area contributed by atoms with Gasteiger partial charge in [0, 0.05) is 36.8 Å². The van der Waals surface area contributed by atoms with E-state index in [9.17, 15) is 22.0 Å². The molecule has 2 heterocycles. The van der Waals surface area contributed by atoms with Crippen molar-refractivity contribution in [3.63, 3.8) is 0 Å². The molecule has 1 N–H and O–H groups in total. The molecule has 5 rings (SSSR count). The van der Waals surface area contributed by atoms with Crippen molar-refractivity contribution in [1.82, 2.24) is 14.5 Å². The van der Waals surface area contributed by atoms with Gasteiger partial charge in [-0.3, -0.25) is 0 Å². The van der Waals surface area contributed by atoms with Crippen molar-refractivity contribution in [3.8, 4) is 11.1 Å². The molecule has 0 spiro atoms. The number of rotatable bonds is 6. The van der Waals surface area contributed by atoms with Crippen molar-refractivity contribution in [3.05, 3.63) is 59.4 Å².